The topological polar surface area (TPSA) is 42.0 Å². The van der Waals surface area contributed by atoms with Crippen LogP contribution in [0.5, 0.6) is 0 Å². The molecule has 0 saturated carbocycles. The van der Waals surface area contributed by atoms with E-state index in [9.17, 15) is 18.0 Å². The molecule has 0 saturated heterocycles. The van der Waals surface area contributed by atoms with Crippen molar-refractivity contribution in [2.24, 2.45) is 0 Å². The first-order valence-electron chi connectivity index (χ1n) is 6.61. The molecule has 0 bridgehead atoms. The van der Waals surface area contributed by atoms with Gasteiger partial charge in [-0.05, 0) is 36.4 Å². The van der Waals surface area contributed by atoms with Gasteiger partial charge in [-0.1, -0.05) is 15.9 Å². The van der Waals surface area contributed by atoms with Gasteiger partial charge in [0.25, 0.3) is 5.91 Å². The van der Waals surface area contributed by atoms with Gasteiger partial charge < -0.3 is 0 Å². The molecule has 3 nitrogen and oxygen atoms in total. The average Bonchev–Trinajstić information content (AvgIpc) is 2.98. The van der Waals surface area contributed by atoms with Crippen LogP contribution in [0.3, 0.4) is 0 Å². The second kappa shape index (κ2) is 6.74. The predicted octanol–water partition coefficient (Wildman–Crippen LogP) is 5.24. The predicted molar refractivity (Wildman–Crippen MR) is 89.5 cm³/mol. The van der Waals surface area contributed by atoms with Gasteiger partial charge in [-0.25, -0.2) is 18.2 Å². The van der Waals surface area contributed by atoms with Gasteiger partial charge in [0, 0.05) is 15.4 Å². The zero-order valence-corrected chi connectivity index (χ0v) is 14.2. The van der Waals surface area contributed by atoms with E-state index in [2.05, 4.69) is 26.2 Å². The van der Waals surface area contributed by atoms with Crippen LogP contribution in [0.25, 0.3) is 11.3 Å². The second-order valence-corrected chi connectivity index (χ2v) is 6.52. The van der Waals surface area contributed by atoms with E-state index in [4.69, 9.17) is 0 Å². The van der Waals surface area contributed by atoms with E-state index in [1.807, 2.05) is 0 Å². The first kappa shape index (κ1) is 16.7. The summed E-state index contributed by atoms with van der Waals surface area (Å²) >= 11 is 4.21. The summed E-state index contributed by atoms with van der Waals surface area (Å²) in [6.07, 6.45) is 0. The third-order valence-electron chi connectivity index (χ3n) is 3.12. The van der Waals surface area contributed by atoms with Crippen LogP contribution in [0.4, 0.5) is 18.3 Å². The highest BCUT2D eigenvalue weighted by Gasteiger charge is 2.15. The van der Waals surface area contributed by atoms with E-state index < -0.39 is 23.4 Å². The van der Waals surface area contributed by atoms with Crippen LogP contribution in [-0.2, 0) is 0 Å². The maximum atomic E-state index is 13.8. The molecule has 1 heterocycles. The number of rotatable bonds is 3. The van der Waals surface area contributed by atoms with E-state index in [-0.39, 0.29) is 10.7 Å². The number of carbonyl (C=O) groups is 1. The van der Waals surface area contributed by atoms with Crippen molar-refractivity contribution in [3.05, 3.63) is 69.3 Å². The minimum absolute atomic E-state index is 0.122. The lowest BCUT2D eigenvalue weighted by atomic mass is 10.2. The van der Waals surface area contributed by atoms with Gasteiger partial charge in [0.15, 0.2) is 16.8 Å². The Kier molecular flexibility index (Phi) is 4.68. The first-order chi connectivity index (χ1) is 11.4. The minimum Gasteiger partial charge on any atom is -0.298 e. The van der Waals surface area contributed by atoms with Crippen molar-refractivity contribution in [1.29, 1.82) is 0 Å². The van der Waals surface area contributed by atoms with Crippen molar-refractivity contribution in [2.75, 3.05) is 5.32 Å². The fraction of sp³-hybridized carbons (Fsp3) is 0. The van der Waals surface area contributed by atoms with Crippen molar-refractivity contribution in [2.45, 2.75) is 0 Å². The van der Waals surface area contributed by atoms with Gasteiger partial charge in [-0.15, -0.1) is 11.3 Å². The number of hydrogen-bond acceptors (Lipinski definition) is 3. The lowest BCUT2D eigenvalue weighted by Gasteiger charge is -2.03. The van der Waals surface area contributed by atoms with Crippen molar-refractivity contribution in [3.8, 4) is 11.3 Å². The number of benzene rings is 2. The molecule has 0 radical (unpaired) electrons. The largest absolute Gasteiger partial charge is 0.298 e. The maximum absolute atomic E-state index is 13.8. The minimum atomic E-state index is -0.983. The molecule has 0 aliphatic heterocycles. The normalized spacial score (nSPS) is 10.7. The molecule has 0 fully saturated rings. The molecular formula is C16H8BrF3N2OS. The summed E-state index contributed by atoms with van der Waals surface area (Å²) in [7, 11) is 0. The number of anilines is 1. The number of amides is 1. The number of halogens is 4. The highest BCUT2D eigenvalue weighted by atomic mass is 79.9. The molecule has 24 heavy (non-hydrogen) atoms. The van der Waals surface area contributed by atoms with Crippen LogP contribution < -0.4 is 5.32 Å². The van der Waals surface area contributed by atoms with Crippen LogP contribution >= 0.6 is 27.3 Å². The quantitative estimate of drug-likeness (QED) is 0.638. The van der Waals surface area contributed by atoms with E-state index in [1.165, 1.54) is 18.2 Å². The van der Waals surface area contributed by atoms with Crippen LogP contribution in [0.15, 0.2) is 46.3 Å². The standard InChI is InChI=1S/C16H8BrF3N2OS/c17-9-2-3-10(12(19)6-9)15(23)22-16-21-14(7-24-16)8-1-4-11(18)13(20)5-8/h1-7H,(H,21,22,23). The summed E-state index contributed by atoms with van der Waals surface area (Å²) in [6, 6.07) is 7.48. The van der Waals surface area contributed by atoms with E-state index in [0.29, 0.717) is 15.7 Å². The van der Waals surface area contributed by atoms with Gasteiger partial charge in [-0.2, -0.15) is 0 Å². The van der Waals surface area contributed by atoms with Crippen LogP contribution in [-0.4, -0.2) is 10.9 Å². The van der Waals surface area contributed by atoms with Crippen molar-refractivity contribution in [1.82, 2.24) is 4.98 Å². The zero-order chi connectivity index (χ0) is 17.3. The van der Waals surface area contributed by atoms with E-state index >= 15 is 0 Å². The van der Waals surface area contributed by atoms with Gasteiger partial charge in [0.1, 0.15) is 5.82 Å². The molecule has 0 aliphatic rings. The summed E-state index contributed by atoms with van der Waals surface area (Å²) in [5, 5.41) is 4.29. The molecular weight excluding hydrogens is 405 g/mol. The molecule has 3 aromatic rings. The highest BCUT2D eigenvalue weighted by Crippen LogP contribution is 2.26. The van der Waals surface area contributed by atoms with E-state index in [1.54, 1.807) is 11.4 Å². The van der Waals surface area contributed by atoms with Crippen molar-refractivity contribution in [3.63, 3.8) is 0 Å². The lowest BCUT2D eigenvalue weighted by molar-refractivity contribution is 0.102. The lowest BCUT2D eigenvalue weighted by Crippen LogP contribution is -2.13. The Morgan fingerprint density at radius 3 is 2.54 bits per heavy atom. The van der Waals surface area contributed by atoms with Gasteiger partial charge in [-0.3, -0.25) is 10.1 Å². The molecule has 1 amide bonds. The molecule has 8 heteroatoms. The molecule has 1 N–H and O–H groups in total. The molecule has 3 rings (SSSR count). The summed E-state index contributed by atoms with van der Waals surface area (Å²) < 4.78 is 40.5. The molecule has 1 aromatic heterocycles. The Labute approximate surface area is 147 Å². The Hall–Kier alpha value is -2.19. The third kappa shape index (κ3) is 3.49. The second-order valence-electron chi connectivity index (χ2n) is 4.75. The fourth-order valence-electron chi connectivity index (χ4n) is 1.96. The smallest absolute Gasteiger partial charge is 0.260 e. The Morgan fingerprint density at radius 1 is 1.04 bits per heavy atom. The Morgan fingerprint density at radius 2 is 1.83 bits per heavy atom. The van der Waals surface area contributed by atoms with Gasteiger partial charge in [0.2, 0.25) is 0 Å². The van der Waals surface area contributed by atoms with Crippen LogP contribution in [0.1, 0.15) is 10.4 Å². The Bertz CT molecular complexity index is 929. The average molecular weight is 413 g/mol. The highest BCUT2D eigenvalue weighted by molar-refractivity contribution is 9.10. The first-order valence-corrected chi connectivity index (χ1v) is 8.28. The molecule has 0 aliphatic carbocycles. The number of hydrogen-bond donors (Lipinski definition) is 1. The Balaban J connectivity index is 1.80. The summed E-state index contributed by atoms with van der Waals surface area (Å²) in [6.45, 7) is 0. The maximum Gasteiger partial charge on any atom is 0.260 e. The van der Waals surface area contributed by atoms with Gasteiger partial charge in [0.05, 0.1) is 11.3 Å². The number of thiazole rings is 1. The third-order valence-corrected chi connectivity index (χ3v) is 4.37. The zero-order valence-electron chi connectivity index (χ0n) is 11.8. The molecule has 122 valence electrons. The van der Waals surface area contributed by atoms with Crippen LogP contribution in [0, 0.1) is 17.5 Å². The molecule has 0 unspecified atom stereocenters. The summed E-state index contributed by atoms with van der Waals surface area (Å²) in [5.74, 6) is -3.25. The summed E-state index contributed by atoms with van der Waals surface area (Å²) in [5.41, 5.74) is 0.633. The van der Waals surface area contributed by atoms with Gasteiger partial charge >= 0.3 is 0 Å². The number of nitrogens with one attached hydrogen (secondary N) is 1. The fourth-order valence-corrected chi connectivity index (χ4v) is 3.01. The molecule has 2 aromatic carbocycles. The monoisotopic (exact) mass is 412 g/mol. The van der Waals surface area contributed by atoms with E-state index in [0.717, 1.165) is 23.5 Å². The number of carbonyl (C=O) groups excluding carboxylic acids is 1. The van der Waals surface area contributed by atoms with Crippen molar-refractivity contribution >= 4 is 38.3 Å². The SMILES string of the molecule is O=C(Nc1nc(-c2ccc(F)c(F)c2)cs1)c1ccc(Br)cc1F. The van der Waals surface area contributed by atoms with Crippen LogP contribution in [0.2, 0.25) is 0 Å². The summed E-state index contributed by atoms with van der Waals surface area (Å²) in [4.78, 5) is 16.2. The van der Waals surface area contributed by atoms with Crippen molar-refractivity contribution < 1.29 is 18.0 Å². The molecule has 0 spiro atoms. The molecule has 0 atom stereocenters. The number of aromatic nitrogens is 1. The number of nitrogens with zero attached hydrogens (tertiary/aromatic N) is 1.